The van der Waals surface area contributed by atoms with Crippen LogP contribution in [0.1, 0.15) is 18.4 Å². The first kappa shape index (κ1) is 16.2. The van der Waals surface area contributed by atoms with E-state index in [-0.39, 0.29) is 30.4 Å². The lowest BCUT2D eigenvalue weighted by Gasteiger charge is -2.36. The summed E-state index contributed by atoms with van der Waals surface area (Å²) >= 11 is 0. The quantitative estimate of drug-likeness (QED) is 0.606. The molecule has 1 aliphatic carbocycles. The summed E-state index contributed by atoms with van der Waals surface area (Å²) in [4.78, 5) is 29.3. The van der Waals surface area contributed by atoms with E-state index in [1.165, 1.54) is 11.1 Å². The molecule has 10 heteroatoms. The molecule has 2 N–H and O–H groups in total. The molecule has 1 fully saturated rings. The Hall–Kier alpha value is -3.30. The molecule has 4 rings (SSSR count). The summed E-state index contributed by atoms with van der Waals surface area (Å²) in [5.74, 6) is -0.178. The van der Waals surface area contributed by atoms with Crippen LogP contribution in [-0.4, -0.2) is 53.5 Å². The van der Waals surface area contributed by atoms with Gasteiger partial charge in [0.2, 0.25) is 11.8 Å². The second kappa shape index (κ2) is 6.90. The molecule has 0 bridgehead atoms. The van der Waals surface area contributed by atoms with Gasteiger partial charge in [-0.1, -0.05) is 0 Å². The third-order valence-electron chi connectivity index (χ3n) is 4.39. The van der Waals surface area contributed by atoms with Gasteiger partial charge in [0, 0.05) is 18.3 Å². The van der Waals surface area contributed by atoms with Crippen LogP contribution in [0.25, 0.3) is 5.52 Å². The van der Waals surface area contributed by atoms with Gasteiger partial charge in [-0.25, -0.2) is 4.98 Å². The van der Waals surface area contributed by atoms with Gasteiger partial charge in [0.25, 0.3) is 0 Å². The summed E-state index contributed by atoms with van der Waals surface area (Å²) in [6.07, 6.45) is 8.44. The summed E-state index contributed by atoms with van der Waals surface area (Å²) in [6.45, 7) is 0.0462. The largest absolute Gasteiger partial charge is 0.353 e. The fourth-order valence-corrected chi connectivity index (χ4v) is 3.06. The van der Waals surface area contributed by atoms with Crippen LogP contribution in [-0.2, 0) is 22.6 Å². The van der Waals surface area contributed by atoms with Crippen LogP contribution in [0.4, 0.5) is 0 Å². The summed E-state index contributed by atoms with van der Waals surface area (Å²) in [5.41, 5.74) is 1.91. The first-order valence-corrected chi connectivity index (χ1v) is 8.36. The number of hydrogen-bond acceptors (Lipinski definition) is 6. The number of amides is 2. The van der Waals surface area contributed by atoms with E-state index in [0.717, 1.165) is 23.9 Å². The van der Waals surface area contributed by atoms with Gasteiger partial charge in [-0.15, -0.1) is 10.2 Å². The van der Waals surface area contributed by atoms with Crippen molar-refractivity contribution in [2.45, 2.75) is 37.9 Å². The summed E-state index contributed by atoms with van der Waals surface area (Å²) < 4.78 is 1.90. The zero-order chi connectivity index (χ0) is 17.9. The monoisotopic (exact) mass is 354 g/mol. The predicted molar refractivity (Wildman–Crippen MR) is 89.8 cm³/mol. The van der Waals surface area contributed by atoms with E-state index in [9.17, 15) is 9.59 Å². The van der Waals surface area contributed by atoms with Crippen molar-refractivity contribution in [3.8, 4) is 0 Å². The Balaban J connectivity index is 1.20. The molecule has 0 atom stereocenters. The SMILES string of the molecule is O=C(Cc1ccn2cncc2c1)NC1CC(NC(=O)Cn2ncnn2)C1. The number of carbonyl (C=O) groups excluding carboxylic acids is 2. The maximum atomic E-state index is 12.2. The standard InChI is InChI=1S/C16H18N8O2/c25-15(4-11-1-2-23-10-17-7-14(23)3-11)20-12-5-13(6-12)21-16(26)8-24-19-9-18-22-24/h1-3,7,9-10,12-13H,4-6,8H2,(H,20,25)(H,21,26). The van der Waals surface area contributed by atoms with Gasteiger partial charge in [0.1, 0.15) is 6.54 Å². The average Bonchev–Trinajstić information content (AvgIpc) is 3.23. The zero-order valence-corrected chi connectivity index (χ0v) is 13.9. The first-order chi connectivity index (χ1) is 12.7. The molecule has 0 radical (unpaired) electrons. The van der Waals surface area contributed by atoms with Gasteiger partial charge < -0.3 is 15.0 Å². The zero-order valence-electron chi connectivity index (χ0n) is 13.9. The van der Waals surface area contributed by atoms with Crippen molar-refractivity contribution < 1.29 is 9.59 Å². The number of aromatic nitrogens is 6. The lowest BCUT2D eigenvalue weighted by atomic mass is 9.86. The van der Waals surface area contributed by atoms with E-state index in [4.69, 9.17) is 0 Å². The number of fused-ring (bicyclic) bond motifs is 1. The summed E-state index contributed by atoms with van der Waals surface area (Å²) in [7, 11) is 0. The molecule has 3 aromatic rings. The van der Waals surface area contributed by atoms with E-state index in [0.29, 0.717) is 6.42 Å². The fourth-order valence-electron chi connectivity index (χ4n) is 3.06. The van der Waals surface area contributed by atoms with Crippen LogP contribution in [0.2, 0.25) is 0 Å². The van der Waals surface area contributed by atoms with Crippen LogP contribution in [0, 0.1) is 0 Å². The van der Waals surface area contributed by atoms with E-state index < -0.39 is 0 Å². The molecule has 0 spiro atoms. The van der Waals surface area contributed by atoms with Gasteiger partial charge in [-0.3, -0.25) is 9.59 Å². The normalized spacial score (nSPS) is 19.1. The molecule has 0 aromatic carbocycles. The maximum absolute atomic E-state index is 12.2. The van der Waals surface area contributed by atoms with Gasteiger partial charge in [-0.05, 0) is 35.8 Å². The third kappa shape index (κ3) is 3.68. The third-order valence-corrected chi connectivity index (χ3v) is 4.39. The molecule has 2 amide bonds. The summed E-state index contributed by atoms with van der Waals surface area (Å²) in [5, 5.41) is 16.9. The van der Waals surface area contributed by atoms with E-state index in [1.807, 2.05) is 22.7 Å². The molecular formula is C16H18N8O2. The Morgan fingerprint density at radius 1 is 1.19 bits per heavy atom. The molecule has 134 valence electrons. The minimum atomic E-state index is -0.160. The predicted octanol–water partition coefficient (Wildman–Crippen LogP) is -0.673. The molecule has 0 unspecified atom stereocenters. The van der Waals surface area contributed by atoms with Crippen molar-refractivity contribution in [1.29, 1.82) is 0 Å². The molecule has 10 nitrogen and oxygen atoms in total. The van der Waals surface area contributed by atoms with Crippen molar-refractivity contribution in [2.24, 2.45) is 0 Å². The molecule has 1 saturated carbocycles. The molecule has 3 heterocycles. The Labute approximate surface area is 148 Å². The lowest BCUT2D eigenvalue weighted by molar-refractivity contribution is -0.123. The van der Waals surface area contributed by atoms with Gasteiger partial charge >= 0.3 is 0 Å². The smallest absolute Gasteiger partial charge is 0.243 e. The molecule has 1 aliphatic rings. The number of nitrogens with zero attached hydrogens (tertiary/aromatic N) is 6. The molecule has 0 aliphatic heterocycles. The highest BCUT2D eigenvalue weighted by Crippen LogP contribution is 2.20. The number of carbonyl (C=O) groups is 2. The van der Waals surface area contributed by atoms with Crippen molar-refractivity contribution in [2.75, 3.05) is 0 Å². The Morgan fingerprint density at radius 2 is 2.00 bits per heavy atom. The van der Waals surface area contributed by atoms with E-state index in [2.05, 4.69) is 31.0 Å². The minimum Gasteiger partial charge on any atom is -0.353 e. The molecule has 0 saturated heterocycles. The van der Waals surface area contributed by atoms with Crippen molar-refractivity contribution in [3.63, 3.8) is 0 Å². The van der Waals surface area contributed by atoms with Crippen LogP contribution < -0.4 is 10.6 Å². The molecule has 26 heavy (non-hydrogen) atoms. The highest BCUT2D eigenvalue weighted by atomic mass is 16.2. The number of imidazole rings is 1. The van der Waals surface area contributed by atoms with Gasteiger partial charge in [0.05, 0.1) is 24.5 Å². The Kier molecular flexibility index (Phi) is 4.30. The number of nitrogens with one attached hydrogen (secondary N) is 2. The van der Waals surface area contributed by atoms with Crippen LogP contribution >= 0.6 is 0 Å². The topological polar surface area (TPSA) is 119 Å². The maximum Gasteiger partial charge on any atom is 0.243 e. The lowest BCUT2D eigenvalue weighted by Crippen LogP contribution is -2.54. The number of tetrazole rings is 1. The van der Waals surface area contributed by atoms with Crippen LogP contribution in [0.15, 0.2) is 37.2 Å². The molecular weight excluding hydrogens is 336 g/mol. The highest BCUT2D eigenvalue weighted by molar-refractivity contribution is 5.79. The van der Waals surface area contributed by atoms with Crippen LogP contribution in [0.5, 0.6) is 0 Å². The van der Waals surface area contributed by atoms with Gasteiger partial charge in [-0.2, -0.15) is 4.80 Å². The first-order valence-electron chi connectivity index (χ1n) is 8.36. The summed E-state index contributed by atoms with van der Waals surface area (Å²) in [6, 6.07) is 4.03. The second-order valence-electron chi connectivity index (χ2n) is 6.40. The molecule has 3 aromatic heterocycles. The average molecular weight is 354 g/mol. The van der Waals surface area contributed by atoms with Gasteiger partial charge in [0.15, 0.2) is 6.33 Å². The van der Waals surface area contributed by atoms with E-state index in [1.54, 1.807) is 12.5 Å². The Bertz CT molecular complexity index is 913. The van der Waals surface area contributed by atoms with Crippen molar-refractivity contribution in [1.82, 2.24) is 40.2 Å². The minimum absolute atomic E-state index is 0.0181. The highest BCUT2D eigenvalue weighted by Gasteiger charge is 2.31. The van der Waals surface area contributed by atoms with Crippen molar-refractivity contribution in [3.05, 3.63) is 42.7 Å². The second-order valence-corrected chi connectivity index (χ2v) is 6.40. The van der Waals surface area contributed by atoms with Crippen molar-refractivity contribution >= 4 is 17.3 Å². The number of hydrogen-bond donors (Lipinski definition) is 2. The number of pyridine rings is 1. The fraction of sp³-hybridized carbons (Fsp3) is 0.375. The van der Waals surface area contributed by atoms with E-state index >= 15 is 0 Å². The number of rotatable bonds is 6. The van der Waals surface area contributed by atoms with Crippen LogP contribution in [0.3, 0.4) is 0 Å². The Morgan fingerprint density at radius 3 is 2.77 bits per heavy atom.